The van der Waals surface area contributed by atoms with Gasteiger partial charge in [-0.1, -0.05) is 26.8 Å². The highest BCUT2D eigenvalue weighted by Crippen LogP contribution is 2.39. The molecule has 2 atom stereocenters. The van der Waals surface area contributed by atoms with Crippen molar-refractivity contribution in [1.29, 1.82) is 0 Å². The standard InChI is InChI=1S/C15H23NO2/c1-11-7-13(9-15(2,3)8-11)18-14-6-4-5-12(10-17)16-14/h4-6,11,13,17H,7-10H2,1-3H3. The van der Waals surface area contributed by atoms with Crippen molar-refractivity contribution in [2.24, 2.45) is 11.3 Å². The lowest BCUT2D eigenvalue weighted by Crippen LogP contribution is -2.34. The van der Waals surface area contributed by atoms with Gasteiger partial charge in [-0.15, -0.1) is 0 Å². The number of rotatable bonds is 3. The Bertz CT molecular complexity index is 403. The summed E-state index contributed by atoms with van der Waals surface area (Å²) in [5.74, 6) is 1.33. The number of aliphatic hydroxyl groups is 1. The fraction of sp³-hybridized carbons (Fsp3) is 0.667. The third-order valence-electron chi connectivity index (χ3n) is 3.58. The first kappa shape index (κ1) is 13.3. The van der Waals surface area contributed by atoms with Crippen LogP contribution in [0.15, 0.2) is 18.2 Å². The van der Waals surface area contributed by atoms with E-state index in [1.807, 2.05) is 12.1 Å². The molecule has 1 saturated carbocycles. The number of ether oxygens (including phenoxy) is 1. The Morgan fingerprint density at radius 2 is 2.17 bits per heavy atom. The molecule has 0 amide bonds. The molecule has 1 N–H and O–H groups in total. The van der Waals surface area contributed by atoms with Crippen LogP contribution in [0.2, 0.25) is 0 Å². The molecule has 3 heteroatoms. The summed E-state index contributed by atoms with van der Waals surface area (Å²) in [6.45, 7) is 6.85. The van der Waals surface area contributed by atoms with Crippen LogP contribution >= 0.6 is 0 Å². The fourth-order valence-corrected chi connectivity index (χ4v) is 3.13. The number of aliphatic hydroxyl groups excluding tert-OH is 1. The molecule has 0 radical (unpaired) electrons. The smallest absolute Gasteiger partial charge is 0.213 e. The molecule has 100 valence electrons. The van der Waals surface area contributed by atoms with E-state index in [-0.39, 0.29) is 12.7 Å². The average Bonchev–Trinajstić information content (AvgIpc) is 2.26. The molecule has 0 aliphatic heterocycles. The Hall–Kier alpha value is -1.09. The van der Waals surface area contributed by atoms with Crippen LogP contribution in [0.4, 0.5) is 0 Å². The molecule has 1 heterocycles. The Labute approximate surface area is 109 Å². The van der Waals surface area contributed by atoms with Crippen LogP contribution in [0.25, 0.3) is 0 Å². The molecule has 1 aromatic heterocycles. The van der Waals surface area contributed by atoms with E-state index < -0.39 is 0 Å². The minimum Gasteiger partial charge on any atom is -0.474 e. The van der Waals surface area contributed by atoms with E-state index >= 15 is 0 Å². The van der Waals surface area contributed by atoms with Crippen molar-refractivity contribution >= 4 is 0 Å². The minimum absolute atomic E-state index is 0.0379. The monoisotopic (exact) mass is 249 g/mol. The van der Waals surface area contributed by atoms with E-state index in [0.717, 1.165) is 12.8 Å². The second kappa shape index (κ2) is 5.27. The van der Waals surface area contributed by atoms with Gasteiger partial charge in [0, 0.05) is 6.07 Å². The van der Waals surface area contributed by atoms with Crippen LogP contribution in [-0.2, 0) is 6.61 Å². The van der Waals surface area contributed by atoms with E-state index in [4.69, 9.17) is 9.84 Å². The van der Waals surface area contributed by atoms with E-state index in [9.17, 15) is 0 Å². The third kappa shape index (κ3) is 3.45. The molecule has 0 spiro atoms. The van der Waals surface area contributed by atoms with E-state index in [2.05, 4.69) is 25.8 Å². The summed E-state index contributed by atoms with van der Waals surface area (Å²) in [6, 6.07) is 5.55. The predicted octanol–water partition coefficient (Wildman–Crippen LogP) is 3.17. The normalized spacial score (nSPS) is 26.9. The van der Waals surface area contributed by atoms with Gasteiger partial charge in [-0.05, 0) is 36.7 Å². The Balaban J connectivity index is 2.04. The van der Waals surface area contributed by atoms with Gasteiger partial charge in [-0.2, -0.15) is 0 Å². The van der Waals surface area contributed by atoms with Crippen molar-refractivity contribution in [3.63, 3.8) is 0 Å². The van der Waals surface area contributed by atoms with E-state index in [0.29, 0.717) is 22.9 Å². The lowest BCUT2D eigenvalue weighted by molar-refractivity contribution is 0.0529. The maximum Gasteiger partial charge on any atom is 0.213 e. The van der Waals surface area contributed by atoms with Crippen LogP contribution in [0.1, 0.15) is 45.7 Å². The molecule has 1 aliphatic carbocycles. The van der Waals surface area contributed by atoms with Gasteiger partial charge >= 0.3 is 0 Å². The summed E-state index contributed by atoms with van der Waals surface area (Å²) in [5.41, 5.74) is 1.01. The second-order valence-electron chi connectivity index (χ2n) is 6.28. The van der Waals surface area contributed by atoms with Crippen molar-refractivity contribution < 1.29 is 9.84 Å². The number of hydrogen-bond acceptors (Lipinski definition) is 3. The van der Waals surface area contributed by atoms with Gasteiger partial charge in [-0.3, -0.25) is 0 Å². The van der Waals surface area contributed by atoms with Gasteiger partial charge in [-0.25, -0.2) is 4.98 Å². The molecular formula is C15H23NO2. The van der Waals surface area contributed by atoms with Crippen LogP contribution in [-0.4, -0.2) is 16.2 Å². The van der Waals surface area contributed by atoms with E-state index in [1.54, 1.807) is 6.07 Å². The largest absolute Gasteiger partial charge is 0.474 e. The topological polar surface area (TPSA) is 42.4 Å². The minimum atomic E-state index is -0.0379. The van der Waals surface area contributed by atoms with Crippen molar-refractivity contribution in [3.05, 3.63) is 23.9 Å². The average molecular weight is 249 g/mol. The highest BCUT2D eigenvalue weighted by atomic mass is 16.5. The van der Waals surface area contributed by atoms with Crippen LogP contribution in [0.5, 0.6) is 5.88 Å². The maximum atomic E-state index is 9.07. The lowest BCUT2D eigenvalue weighted by atomic mass is 9.71. The summed E-state index contributed by atoms with van der Waals surface area (Å²) in [4.78, 5) is 4.29. The highest BCUT2D eigenvalue weighted by molar-refractivity contribution is 5.15. The number of hydrogen-bond donors (Lipinski definition) is 1. The first-order valence-electron chi connectivity index (χ1n) is 6.72. The first-order chi connectivity index (χ1) is 8.48. The molecule has 2 unspecified atom stereocenters. The summed E-state index contributed by atoms with van der Waals surface area (Å²) in [6.07, 6.45) is 3.67. The second-order valence-corrected chi connectivity index (χ2v) is 6.28. The maximum absolute atomic E-state index is 9.07. The summed E-state index contributed by atoms with van der Waals surface area (Å²) < 4.78 is 5.98. The zero-order chi connectivity index (χ0) is 13.2. The van der Waals surface area contributed by atoms with Gasteiger partial charge in [0.2, 0.25) is 5.88 Å². The van der Waals surface area contributed by atoms with Gasteiger partial charge < -0.3 is 9.84 Å². The molecule has 3 nitrogen and oxygen atoms in total. The summed E-state index contributed by atoms with van der Waals surface area (Å²) in [5, 5.41) is 9.07. The molecule has 0 saturated heterocycles. The van der Waals surface area contributed by atoms with Gasteiger partial charge in [0.1, 0.15) is 6.10 Å². The van der Waals surface area contributed by atoms with Crippen LogP contribution < -0.4 is 4.74 Å². The zero-order valence-electron chi connectivity index (χ0n) is 11.5. The molecule has 1 aromatic rings. The van der Waals surface area contributed by atoms with Crippen LogP contribution in [0, 0.1) is 11.3 Å². The Morgan fingerprint density at radius 3 is 2.83 bits per heavy atom. The Morgan fingerprint density at radius 1 is 1.39 bits per heavy atom. The van der Waals surface area contributed by atoms with Gasteiger partial charge in [0.15, 0.2) is 0 Å². The van der Waals surface area contributed by atoms with Crippen molar-refractivity contribution in [1.82, 2.24) is 4.98 Å². The SMILES string of the molecule is CC1CC(Oc2cccc(CO)n2)CC(C)(C)C1. The van der Waals surface area contributed by atoms with E-state index in [1.165, 1.54) is 6.42 Å². The molecule has 0 aromatic carbocycles. The zero-order valence-corrected chi connectivity index (χ0v) is 11.5. The van der Waals surface area contributed by atoms with Crippen LogP contribution in [0.3, 0.4) is 0 Å². The highest BCUT2D eigenvalue weighted by Gasteiger charge is 2.33. The molecule has 2 rings (SSSR count). The summed E-state index contributed by atoms with van der Waals surface area (Å²) in [7, 11) is 0. The molecular weight excluding hydrogens is 226 g/mol. The number of aromatic nitrogens is 1. The van der Waals surface area contributed by atoms with Crippen molar-refractivity contribution in [2.75, 3.05) is 0 Å². The number of pyridine rings is 1. The molecule has 0 bridgehead atoms. The van der Waals surface area contributed by atoms with Crippen molar-refractivity contribution in [3.8, 4) is 5.88 Å². The van der Waals surface area contributed by atoms with Gasteiger partial charge in [0.25, 0.3) is 0 Å². The quantitative estimate of drug-likeness (QED) is 0.894. The van der Waals surface area contributed by atoms with Crippen molar-refractivity contribution in [2.45, 2.75) is 52.7 Å². The third-order valence-corrected chi connectivity index (χ3v) is 3.58. The molecule has 18 heavy (non-hydrogen) atoms. The summed E-state index contributed by atoms with van der Waals surface area (Å²) >= 11 is 0. The predicted molar refractivity (Wildman–Crippen MR) is 71.4 cm³/mol. The molecule has 1 fully saturated rings. The number of nitrogens with zero attached hydrogens (tertiary/aromatic N) is 1. The Kier molecular flexibility index (Phi) is 3.91. The first-order valence-corrected chi connectivity index (χ1v) is 6.72. The van der Waals surface area contributed by atoms with Gasteiger partial charge in [0.05, 0.1) is 12.3 Å². The fourth-order valence-electron chi connectivity index (χ4n) is 3.13. The lowest BCUT2D eigenvalue weighted by Gasteiger charge is -2.38. The molecule has 1 aliphatic rings.